The maximum Gasteiger partial charge on any atom is 0.237 e. The lowest BCUT2D eigenvalue weighted by atomic mass is 10.1. The van der Waals surface area contributed by atoms with Gasteiger partial charge in [0.05, 0.1) is 18.5 Å². The molecule has 1 amide bonds. The van der Waals surface area contributed by atoms with Gasteiger partial charge in [0.1, 0.15) is 0 Å². The van der Waals surface area contributed by atoms with Crippen LogP contribution in [0.2, 0.25) is 0 Å². The second-order valence-electron chi connectivity index (χ2n) is 7.77. The normalized spacial score (nSPS) is 15.3. The zero-order chi connectivity index (χ0) is 21.7. The maximum absolute atomic E-state index is 12.7. The minimum Gasteiger partial charge on any atom is -0.378 e. The molecule has 1 aliphatic rings. The first kappa shape index (κ1) is 22.3. The van der Waals surface area contributed by atoms with Gasteiger partial charge in [-0.3, -0.25) is 14.2 Å². The number of carbonyl (C=O) groups is 2. The van der Waals surface area contributed by atoms with Gasteiger partial charge in [-0.15, -0.1) is 10.2 Å². The van der Waals surface area contributed by atoms with E-state index in [2.05, 4.69) is 38.8 Å². The van der Waals surface area contributed by atoms with Gasteiger partial charge < -0.3 is 15.0 Å². The summed E-state index contributed by atoms with van der Waals surface area (Å²) >= 11 is 1.40. The van der Waals surface area contributed by atoms with Crippen LogP contribution in [0.4, 0.5) is 11.6 Å². The minimum absolute atomic E-state index is 0.00244. The average molecular weight is 432 g/mol. The predicted molar refractivity (Wildman–Crippen MR) is 118 cm³/mol. The Balaban J connectivity index is 1.70. The number of hydrogen-bond donors (Lipinski definition) is 1. The third-order valence-electron chi connectivity index (χ3n) is 4.75. The van der Waals surface area contributed by atoms with E-state index < -0.39 is 0 Å². The fourth-order valence-corrected chi connectivity index (χ4v) is 3.99. The van der Waals surface area contributed by atoms with Crippen molar-refractivity contribution in [3.63, 3.8) is 0 Å². The Hall–Kier alpha value is -2.39. The van der Waals surface area contributed by atoms with Crippen molar-refractivity contribution < 1.29 is 14.3 Å². The largest absolute Gasteiger partial charge is 0.378 e. The summed E-state index contributed by atoms with van der Waals surface area (Å²) in [7, 11) is 0. The quantitative estimate of drug-likeness (QED) is 0.507. The van der Waals surface area contributed by atoms with Crippen LogP contribution in [-0.2, 0) is 16.1 Å². The molecule has 1 aliphatic heterocycles. The SMILES string of the molecule is CC(=O)c1ccc(NC(=O)C(C)Sc2nnc(N3CCOCC3)n2CC(C)C)cc1. The molecular formula is C21H29N5O3S. The Morgan fingerprint density at radius 1 is 1.13 bits per heavy atom. The molecule has 30 heavy (non-hydrogen) atoms. The van der Waals surface area contributed by atoms with Crippen LogP contribution in [0.3, 0.4) is 0 Å². The molecule has 2 aromatic rings. The molecule has 1 N–H and O–H groups in total. The smallest absolute Gasteiger partial charge is 0.237 e. The monoisotopic (exact) mass is 431 g/mol. The predicted octanol–water partition coefficient (Wildman–Crippen LogP) is 3.09. The van der Waals surface area contributed by atoms with Gasteiger partial charge in [0.15, 0.2) is 10.9 Å². The zero-order valence-corrected chi connectivity index (χ0v) is 18.7. The van der Waals surface area contributed by atoms with E-state index in [-0.39, 0.29) is 16.9 Å². The van der Waals surface area contributed by atoms with Gasteiger partial charge in [-0.1, -0.05) is 25.6 Å². The Kier molecular flexibility index (Phi) is 7.49. The van der Waals surface area contributed by atoms with Crippen LogP contribution >= 0.6 is 11.8 Å². The van der Waals surface area contributed by atoms with Crippen LogP contribution in [-0.4, -0.2) is 58.0 Å². The number of anilines is 2. The van der Waals surface area contributed by atoms with Crippen molar-refractivity contribution in [2.24, 2.45) is 5.92 Å². The number of aromatic nitrogens is 3. The minimum atomic E-state index is -0.356. The molecule has 1 saturated heterocycles. The molecule has 0 radical (unpaired) electrons. The van der Waals surface area contributed by atoms with E-state index in [1.165, 1.54) is 18.7 Å². The third kappa shape index (κ3) is 5.60. The highest BCUT2D eigenvalue weighted by atomic mass is 32.2. The summed E-state index contributed by atoms with van der Waals surface area (Å²) in [4.78, 5) is 26.3. The maximum atomic E-state index is 12.7. The summed E-state index contributed by atoms with van der Waals surface area (Å²) in [5.74, 6) is 1.13. The van der Waals surface area contributed by atoms with Gasteiger partial charge in [-0.25, -0.2) is 0 Å². The first-order valence-electron chi connectivity index (χ1n) is 10.2. The number of ketones is 1. The van der Waals surface area contributed by atoms with E-state index in [9.17, 15) is 9.59 Å². The van der Waals surface area contributed by atoms with Crippen molar-refractivity contribution >= 4 is 35.1 Å². The van der Waals surface area contributed by atoms with Crippen molar-refractivity contribution in [2.75, 3.05) is 36.5 Å². The summed E-state index contributed by atoms with van der Waals surface area (Å²) in [5.41, 5.74) is 1.28. The highest BCUT2D eigenvalue weighted by Gasteiger charge is 2.24. The lowest BCUT2D eigenvalue weighted by molar-refractivity contribution is -0.115. The van der Waals surface area contributed by atoms with Crippen LogP contribution < -0.4 is 10.2 Å². The molecule has 0 aliphatic carbocycles. The Labute approximate surface area is 181 Å². The molecule has 0 spiro atoms. The standard InChI is InChI=1S/C21H29N5O3S/c1-14(2)13-26-20(25-9-11-29-12-10-25)23-24-21(26)30-16(4)19(28)22-18-7-5-17(6-8-18)15(3)27/h5-8,14,16H,9-13H2,1-4H3,(H,22,28). The summed E-state index contributed by atoms with van der Waals surface area (Å²) < 4.78 is 7.55. The molecule has 1 unspecified atom stereocenters. The van der Waals surface area contributed by atoms with Crippen LogP contribution in [0.5, 0.6) is 0 Å². The van der Waals surface area contributed by atoms with Crippen LogP contribution in [0, 0.1) is 5.92 Å². The number of Topliss-reactive ketones (excluding diaryl/α,β-unsaturated/α-hetero) is 1. The number of thioether (sulfide) groups is 1. The van der Waals surface area contributed by atoms with Crippen LogP contribution in [0.25, 0.3) is 0 Å². The van der Waals surface area contributed by atoms with E-state index in [0.717, 1.165) is 30.7 Å². The molecule has 1 aromatic carbocycles. The molecule has 3 rings (SSSR count). The molecule has 8 nitrogen and oxygen atoms in total. The van der Waals surface area contributed by atoms with E-state index in [4.69, 9.17) is 4.74 Å². The zero-order valence-electron chi connectivity index (χ0n) is 17.9. The van der Waals surface area contributed by atoms with Crippen LogP contribution in [0.1, 0.15) is 38.1 Å². The molecule has 1 fully saturated rings. The van der Waals surface area contributed by atoms with Gasteiger partial charge in [-0.05, 0) is 44.0 Å². The highest BCUT2D eigenvalue weighted by molar-refractivity contribution is 8.00. The number of amides is 1. The summed E-state index contributed by atoms with van der Waals surface area (Å²) in [6.45, 7) is 11.4. The fraction of sp³-hybridized carbons (Fsp3) is 0.524. The highest BCUT2D eigenvalue weighted by Crippen LogP contribution is 2.28. The van der Waals surface area contributed by atoms with E-state index in [0.29, 0.717) is 30.4 Å². The molecule has 0 saturated carbocycles. The number of nitrogens with one attached hydrogen (secondary N) is 1. The molecule has 0 bridgehead atoms. The lowest BCUT2D eigenvalue weighted by Crippen LogP contribution is -2.38. The number of benzene rings is 1. The average Bonchev–Trinajstić information content (AvgIpc) is 3.10. The van der Waals surface area contributed by atoms with Crippen molar-refractivity contribution in [1.82, 2.24) is 14.8 Å². The van der Waals surface area contributed by atoms with Gasteiger partial charge in [0.25, 0.3) is 0 Å². The van der Waals surface area contributed by atoms with Gasteiger partial charge in [0.2, 0.25) is 11.9 Å². The molecule has 2 heterocycles. The first-order valence-corrected chi connectivity index (χ1v) is 11.1. The first-order chi connectivity index (χ1) is 14.3. The fourth-order valence-electron chi connectivity index (χ4n) is 3.13. The second kappa shape index (κ2) is 10.1. The van der Waals surface area contributed by atoms with Gasteiger partial charge >= 0.3 is 0 Å². The van der Waals surface area contributed by atoms with Crippen molar-refractivity contribution in [1.29, 1.82) is 0 Å². The topological polar surface area (TPSA) is 89.3 Å². The summed E-state index contributed by atoms with van der Waals surface area (Å²) in [6.07, 6.45) is 0. The Morgan fingerprint density at radius 2 is 1.80 bits per heavy atom. The Bertz CT molecular complexity index is 875. The number of rotatable bonds is 8. The molecular weight excluding hydrogens is 402 g/mol. The summed E-state index contributed by atoms with van der Waals surface area (Å²) in [6, 6.07) is 6.90. The molecule has 162 valence electrons. The molecule has 1 atom stereocenters. The van der Waals surface area contributed by atoms with Gasteiger partial charge in [0, 0.05) is 30.9 Å². The number of carbonyl (C=O) groups excluding carboxylic acids is 2. The van der Waals surface area contributed by atoms with Gasteiger partial charge in [-0.2, -0.15) is 0 Å². The Morgan fingerprint density at radius 3 is 2.40 bits per heavy atom. The molecule has 1 aromatic heterocycles. The third-order valence-corrected chi connectivity index (χ3v) is 5.83. The number of hydrogen-bond acceptors (Lipinski definition) is 7. The van der Waals surface area contributed by atoms with Crippen molar-refractivity contribution in [3.8, 4) is 0 Å². The van der Waals surface area contributed by atoms with E-state index >= 15 is 0 Å². The number of nitrogens with zero attached hydrogens (tertiary/aromatic N) is 4. The molecule has 9 heteroatoms. The van der Waals surface area contributed by atoms with E-state index in [1.807, 2.05) is 6.92 Å². The lowest BCUT2D eigenvalue weighted by Gasteiger charge is -2.28. The van der Waals surface area contributed by atoms with Crippen molar-refractivity contribution in [3.05, 3.63) is 29.8 Å². The van der Waals surface area contributed by atoms with Crippen molar-refractivity contribution in [2.45, 2.75) is 44.6 Å². The van der Waals surface area contributed by atoms with Crippen LogP contribution in [0.15, 0.2) is 29.4 Å². The number of morpholine rings is 1. The second-order valence-corrected chi connectivity index (χ2v) is 9.08. The number of ether oxygens (including phenoxy) is 1. The van der Waals surface area contributed by atoms with E-state index in [1.54, 1.807) is 24.3 Å². The summed E-state index contributed by atoms with van der Waals surface area (Å²) in [5, 5.41) is 12.1.